The van der Waals surface area contributed by atoms with E-state index in [0.29, 0.717) is 6.04 Å². The van der Waals surface area contributed by atoms with Crippen molar-refractivity contribution in [3.05, 3.63) is 23.7 Å². The Morgan fingerprint density at radius 2 is 2.00 bits per heavy atom. The summed E-state index contributed by atoms with van der Waals surface area (Å²) in [6, 6.07) is 4.59. The van der Waals surface area contributed by atoms with E-state index >= 15 is 0 Å². The Bertz CT molecular complexity index is 380. The van der Waals surface area contributed by atoms with Crippen molar-refractivity contribution < 1.29 is 4.42 Å². The van der Waals surface area contributed by atoms with Crippen LogP contribution in [-0.2, 0) is 6.54 Å². The Morgan fingerprint density at radius 1 is 1.32 bits per heavy atom. The van der Waals surface area contributed by atoms with Crippen LogP contribution in [0.3, 0.4) is 0 Å². The van der Waals surface area contributed by atoms with Crippen LogP contribution in [0.1, 0.15) is 44.1 Å². The summed E-state index contributed by atoms with van der Waals surface area (Å²) in [5.74, 6) is 3.68. The van der Waals surface area contributed by atoms with Gasteiger partial charge in [-0.1, -0.05) is 19.8 Å². The predicted octanol–water partition coefficient (Wildman–Crippen LogP) is 3.17. The molecule has 0 saturated heterocycles. The van der Waals surface area contributed by atoms with Crippen molar-refractivity contribution in [3.63, 3.8) is 0 Å². The summed E-state index contributed by atoms with van der Waals surface area (Å²) >= 11 is 0. The van der Waals surface area contributed by atoms with Crippen LogP contribution in [0.4, 0.5) is 0 Å². The maximum Gasteiger partial charge on any atom is 0.118 e. The molecule has 19 heavy (non-hydrogen) atoms. The minimum atomic E-state index is 0.484. The molecule has 1 aliphatic rings. The van der Waals surface area contributed by atoms with E-state index in [0.717, 1.165) is 36.4 Å². The van der Waals surface area contributed by atoms with Gasteiger partial charge in [-0.2, -0.15) is 0 Å². The fraction of sp³-hybridized carbons (Fsp3) is 0.750. The molecule has 2 rings (SSSR count). The van der Waals surface area contributed by atoms with Gasteiger partial charge in [0.25, 0.3) is 0 Å². The van der Waals surface area contributed by atoms with Crippen LogP contribution in [0.5, 0.6) is 0 Å². The fourth-order valence-electron chi connectivity index (χ4n) is 3.34. The molecular weight excluding hydrogens is 236 g/mol. The van der Waals surface area contributed by atoms with Crippen LogP contribution >= 0.6 is 0 Å². The number of nitrogens with zero attached hydrogens (tertiary/aromatic N) is 1. The summed E-state index contributed by atoms with van der Waals surface area (Å²) in [7, 11) is 2.17. The topological polar surface area (TPSA) is 42.4 Å². The Balaban J connectivity index is 1.92. The molecule has 0 spiro atoms. The molecular formula is C16H28N2O. The second-order valence-corrected chi connectivity index (χ2v) is 6.25. The first-order valence-electron chi connectivity index (χ1n) is 7.55. The van der Waals surface area contributed by atoms with Crippen molar-refractivity contribution >= 4 is 0 Å². The number of hydrogen-bond acceptors (Lipinski definition) is 3. The molecule has 0 aliphatic heterocycles. The molecule has 1 saturated carbocycles. The summed E-state index contributed by atoms with van der Waals surface area (Å²) in [4.78, 5) is 2.37. The first-order valence-corrected chi connectivity index (χ1v) is 7.55. The Kier molecular flexibility index (Phi) is 5.06. The van der Waals surface area contributed by atoms with Crippen molar-refractivity contribution in [1.82, 2.24) is 4.90 Å². The third-order valence-electron chi connectivity index (χ3n) is 4.61. The van der Waals surface area contributed by atoms with Gasteiger partial charge in [0.05, 0.1) is 6.54 Å². The van der Waals surface area contributed by atoms with E-state index in [9.17, 15) is 0 Å². The molecule has 1 aromatic rings. The number of rotatable bonds is 5. The van der Waals surface area contributed by atoms with Gasteiger partial charge in [-0.25, -0.2) is 0 Å². The summed E-state index contributed by atoms with van der Waals surface area (Å²) in [5.41, 5.74) is 6.03. The molecule has 0 bridgehead atoms. The third kappa shape index (κ3) is 3.83. The number of furan rings is 1. The van der Waals surface area contributed by atoms with E-state index in [1.54, 1.807) is 0 Å². The fourth-order valence-corrected chi connectivity index (χ4v) is 3.34. The van der Waals surface area contributed by atoms with Gasteiger partial charge in [0.1, 0.15) is 11.5 Å². The molecule has 0 aromatic carbocycles. The van der Waals surface area contributed by atoms with Crippen LogP contribution in [0, 0.1) is 18.8 Å². The van der Waals surface area contributed by atoms with Gasteiger partial charge in [-0.05, 0) is 50.8 Å². The molecule has 3 nitrogen and oxygen atoms in total. The highest BCUT2D eigenvalue weighted by Crippen LogP contribution is 2.32. The van der Waals surface area contributed by atoms with Gasteiger partial charge in [0.2, 0.25) is 0 Å². The van der Waals surface area contributed by atoms with Gasteiger partial charge in [-0.3, -0.25) is 4.90 Å². The maximum atomic E-state index is 6.03. The van der Waals surface area contributed by atoms with Crippen molar-refractivity contribution in [2.45, 2.75) is 52.1 Å². The lowest BCUT2D eigenvalue weighted by atomic mass is 9.79. The maximum absolute atomic E-state index is 6.03. The van der Waals surface area contributed by atoms with Crippen LogP contribution in [0.2, 0.25) is 0 Å². The Hall–Kier alpha value is -0.800. The molecule has 1 unspecified atom stereocenters. The molecule has 0 radical (unpaired) electrons. The van der Waals surface area contributed by atoms with Crippen LogP contribution < -0.4 is 5.73 Å². The smallest absolute Gasteiger partial charge is 0.118 e. The van der Waals surface area contributed by atoms with Crippen molar-refractivity contribution in [2.75, 3.05) is 13.6 Å². The number of likely N-dealkylation sites (N-methyl/N-ethyl adjacent to an activating group) is 1. The van der Waals surface area contributed by atoms with Crippen molar-refractivity contribution in [1.29, 1.82) is 0 Å². The lowest BCUT2D eigenvalue weighted by molar-refractivity contribution is 0.123. The predicted molar refractivity (Wildman–Crippen MR) is 78.9 cm³/mol. The normalized spacial score (nSPS) is 25.7. The van der Waals surface area contributed by atoms with Gasteiger partial charge < -0.3 is 10.2 Å². The molecule has 1 aliphatic carbocycles. The molecule has 1 aromatic heterocycles. The monoisotopic (exact) mass is 264 g/mol. The SMILES string of the molecule is Cc1ccc(CN(C)C(CN)C2CCC(C)CC2)o1. The number of nitrogens with two attached hydrogens (primary N) is 1. The Labute approximate surface area is 117 Å². The average Bonchev–Trinajstić information content (AvgIpc) is 2.78. The molecule has 0 amide bonds. The first kappa shape index (κ1) is 14.6. The van der Waals surface area contributed by atoms with Crippen molar-refractivity contribution in [2.24, 2.45) is 17.6 Å². The highest BCUT2D eigenvalue weighted by molar-refractivity contribution is 5.05. The zero-order chi connectivity index (χ0) is 13.8. The van der Waals surface area contributed by atoms with E-state index < -0.39 is 0 Å². The number of hydrogen-bond donors (Lipinski definition) is 1. The van der Waals surface area contributed by atoms with Crippen LogP contribution in [0.15, 0.2) is 16.5 Å². The Morgan fingerprint density at radius 3 is 2.53 bits per heavy atom. The van der Waals surface area contributed by atoms with E-state index in [1.165, 1.54) is 25.7 Å². The molecule has 1 heterocycles. The average molecular weight is 264 g/mol. The lowest BCUT2D eigenvalue weighted by Crippen LogP contribution is -2.44. The zero-order valence-electron chi connectivity index (χ0n) is 12.6. The van der Waals surface area contributed by atoms with E-state index in [4.69, 9.17) is 10.2 Å². The molecule has 1 atom stereocenters. The van der Waals surface area contributed by atoms with Crippen LogP contribution in [-0.4, -0.2) is 24.5 Å². The lowest BCUT2D eigenvalue weighted by Gasteiger charge is -2.37. The molecule has 108 valence electrons. The quantitative estimate of drug-likeness (QED) is 0.888. The zero-order valence-corrected chi connectivity index (χ0v) is 12.6. The van der Waals surface area contributed by atoms with Crippen LogP contribution in [0.25, 0.3) is 0 Å². The second-order valence-electron chi connectivity index (χ2n) is 6.25. The van der Waals surface area contributed by atoms with Gasteiger partial charge in [0.15, 0.2) is 0 Å². The van der Waals surface area contributed by atoms with Crippen molar-refractivity contribution in [3.8, 4) is 0 Å². The third-order valence-corrected chi connectivity index (χ3v) is 4.61. The summed E-state index contributed by atoms with van der Waals surface area (Å²) in [6.45, 7) is 5.96. The van der Waals surface area contributed by atoms with E-state index in [2.05, 4.69) is 24.9 Å². The van der Waals surface area contributed by atoms with E-state index in [1.807, 2.05) is 13.0 Å². The standard InChI is InChI=1S/C16H28N2O/c1-12-4-7-14(8-5-12)16(10-17)18(3)11-15-9-6-13(2)19-15/h6,9,12,14,16H,4-5,7-8,10-11,17H2,1-3H3. The second kappa shape index (κ2) is 6.58. The summed E-state index contributed by atoms with van der Waals surface area (Å²) < 4.78 is 5.67. The van der Waals surface area contributed by atoms with Gasteiger partial charge in [-0.15, -0.1) is 0 Å². The molecule has 3 heteroatoms. The summed E-state index contributed by atoms with van der Waals surface area (Å²) in [6.07, 6.45) is 5.36. The molecule has 2 N–H and O–H groups in total. The first-order chi connectivity index (χ1) is 9.10. The largest absolute Gasteiger partial charge is 0.465 e. The molecule has 1 fully saturated rings. The minimum Gasteiger partial charge on any atom is -0.465 e. The van der Waals surface area contributed by atoms with Gasteiger partial charge >= 0.3 is 0 Å². The van der Waals surface area contributed by atoms with Gasteiger partial charge in [0, 0.05) is 12.6 Å². The summed E-state index contributed by atoms with van der Waals surface area (Å²) in [5, 5.41) is 0. The number of aryl methyl sites for hydroxylation is 1. The highest BCUT2D eigenvalue weighted by atomic mass is 16.3. The van der Waals surface area contributed by atoms with E-state index in [-0.39, 0.29) is 0 Å². The minimum absolute atomic E-state index is 0.484. The highest BCUT2D eigenvalue weighted by Gasteiger charge is 2.28.